The number of amides is 1. The molecule has 0 aliphatic rings. The molecule has 0 unspecified atom stereocenters. The molecule has 1 N–H and O–H groups in total. The normalized spacial score (nSPS) is 10.7. The fourth-order valence-corrected chi connectivity index (χ4v) is 2.91. The zero-order valence-electron chi connectivity index (χ0n) is 15.2. The highest BCUT2D eigenvalue weighted by Crippen LogP contribution is 2.27. The van der Waals surface area contributed by atoms with Crippen molar-refractivity contribution in [3.05, 3.63) is 57.6 Å². The molecule has 1 amide bonds. The van der Waals surface area contributed by atoms with Crippen LogP contribution >= 0.6 is 15.9 Å². The summed E-state index contributed by atoms with van der Waals surface area (Å²) < 4.78 is 16.4. The summed E-state index contributed by atoms with van der Waals surface area (Å²) in [7, 11) is 4.68. The Hall–Kier alpha value is -2.98. The molecule has 0 radical (unpaired) electrons. The molecule has 0 bridgehead atoms. The lowest BCUT2D eigenvalue weighted by molar-refractivity contribution is -0.117. The van der Waals surface area contributed by atoms with E-state index in [1.807, 2.05) is 6.07 Å². The highest BCUT2D eigenvalue weighted by Gasteiger charge is 2.12. The van der Waals surface area contributed by atoms with Crippen molar-refractivity contribution in [2.45, 2.75) is 6.54 Å². The predicted molar refractivity (Wildman–Crippen MR) is 106 cm³/mol. The Morgan fingerprint density at radius 3 is 2.44 bits per heavy atom. The van der Waals surface area contributed by atoms with E-state index in [-0.39, 0.29) is 12.1 Å². The maximum atomic E-state index is 12.4. The summed E-state index contributed by atoms with van der Waals surface area (Å²) >= 11 is 3.38. The molecule has 27 heavy (non-hydrogen) atoms. The summed E-state index contributed by atoms with van der Waals surface area (Å²) in [6.07, 6.45) is 1.52. The topological polar surface area (TPSA) is 80.6 Å². The SMILES string of the molecule is COc1ccc(CNC(=O)/C(C#N)=C/c2ccc(OC)c(Br)c2)c(OC)c1. The average Bonchev–Trinajstić information content (AvgIpc) is 2.70. The monoisotopic (exact) mass is 430 g/mol. The summed E-state index contributed by atoms with van der Waals surface area (Å²) in [6.45, 7) is 0.220. The van der Waals surface area contributed by atoms with Crippen LogP contribution in [0.1, 0.15) is 11.1 Å². The molecule has 0 saturated carbocycles. The van der Waals surface area contributed by atoms with Gasteiger partial charge >= 0.3 is 0 Å². The van der Waals surface area contributed by atoms with Crippen molar-refractivity contribution in [1.82, 2.24) is 5.32 Å². The van der Waals surface area contributed by atoms with E-state index in [1.165, 1.54) is 6.08 Å². The number of nitriles is 1. The first-order valence-electron chi connectivity index (χ1n) is 7.96. The number of ether oxygens (including phenoxy) is 3. The van der Waals surface area contributed by atoms with Crippen LogP contribution in [0, 0.1) is 11.3 Å². The minimum absolute atomic E-state index is 0.000421. The van der Waals surface area contributed by atoms with Crippen molar-refractivity contribution < 1.29 is 19.0 Å². The average molecular weight is 431 g/mol. The van der Waals surface area contributed by atoms with Gasteiger partial charge in [-0.1, -0.05) is 6.07 Å². The molecule has 0 spiro atoms. The van der Waals surface area contributed by atoms with Gasteiger partial charge in [0.05, 0.1) is 25.8 Å². The molecule has 2 aromatic carbocycles. The van der Waals surface area contributed by atoms with Crippen molar-refractivity contribution in [1.29, 1.82) is 5.26 Å². The third-order valence-electron chi connectivity index (χ3n) is 3.79. The highest BCUT2D eigenvalue weighted by atomic mass is 79.9. The highest BCUT2D eigenvalue weighted by molar-refractivity contribution is 9.10. The summed E-state index contributed by atoms with van der Waals surface area (Å²) in [5, 5.41) is 12.1. The number of rotatable bonds is 7. The number of carbonyl (C=O) groups excluding carboxylic acids is 1. The molecular weight excluding hydrogens is 412 g/mol. The van der Waals surface area contributed by atoms with Crippen LogP contribution in [0.25, 0.3) is 6.08 Å². The van der Waals surface area contributed by atoms with E-state index < -0.39 is 5.91 Å². The van der Waals surface area contributed by atoms with Crippen molar-refractivity contribution >= 4 is 27.9 Å². The molecule has 7 heteroatoms. The van der Waals surface area contributed by atoms with E-state index in [9.17, 15) is 10.1 Å². The van der Waals surface area contributed by atoms with E-state index in [1.54, 1.807) is 57.7 Å². The van der Waals surface area contributed by atoms with Gasteiger partial charge in [-0.3, -0.25) is 4.79 Å². The van der Waals surface area contributed by atoms with Gasteiger partial charge in [0.25, 0.3) is 5.91 Å². The predicted octanol–water partition coefficient (Wildman–Crippen LogP) is 3.70. The summed E-state index contributed by atoms with van der Waals surface area (Å²) in [6, 6.07) is 12.5. The fourth-order valence-electron chi connectivity index (χ4n) is 2.36. The summed E-state index contributed by atoms with van der Waals surface area (Å²) in [5.74, 6) is 1.45. The van der Waals surface area contributed by atoms with Gasteiger partial charge < -0.3 is 19.5 Å². The van der Waals surface area contributed by atoms with Gasteiger partial charge in [-0.2, -0.15) is 5.26 Å². The lowest BCUT2D eigenvalue weighted by Crippen LogP contribution is -2.24. The van der Waals surface area contributed by atoms with Gasteiger partial charge in [0.1, 0.15) is 28.9 Å². The first kappa shape index (κ1) is 20.3. The number of methoxy groups -OCH3 is 3. The number of hydrogen-bond acceptors (Lipinski definition) is 5. The second-order valence-corrected chi connectivity index (χ2v) is 6.28. The van der Waals surface area contributed by atoms with Crippen LogP contribution < -0.4 is 19.5 Å². The van der Waals surface area contributed by atoms with Crippen LogP contribution in [-0.4, -0.2) is 27.2 Å². The Kier molecular flexibility index (Phi) is 7.26. The minimum Gasteiger partial charge on any atom is -0.497 e. The van der Waals surface area contributed by atoms with E-state index >= 15 is 0 Å². The Morgan fingerprint density at radius 1 is 1.11 bits per heavy atom. The number of hydrogen-bond donors (Lipinski definition) is 1. The fraction of sp³-hybridized carbons (Fsp3) is 0.200. The maximum absolute atomic E-state index is 12.4. The molecule has 0 aliphatic carbocycles. The first-order chi connectivity index (χ1) is 13.0. The van der Waals surface area contributed by atoms with Crippen molar-refractivity contribution in [2.75, 3.05) is 21.3 Å². The van der Waals surface area contributed by atoms with Crippen LogP contribution in [-0.2, 0) is 11.3 Å². The lowest BCUT2D eigenvalue weighted by atomic mass is 10.1. The molecule has 140 valence electrons. The van der Waals surface area contributed by atoms with Gasteiger partial charge in [-0.05, 0) is 51.8 Å². The molecule has 0 fully saturated rings. The Morgan fingerprint density at radius 2 is 1.85 bits per heavy atom. The number of carbonyl (C=O) groups is 1. The van der Waals surface area contributed by atoms with Gasteiger partial charge in [0.15, 0.2) is 0 Å². The molecular formula is C20H19BrN2O4. The number of nitrogens with one attached hydrogen (secondary N) is 1. The Balaban J connectivity index is 2.14. The summed E-state index contributed by atoms with van der Waals surface area (Å²) in [4.78, 5) is 12.4. The van der Waals surface area contributed by atoms with E-state index in [0.717, 1.165) is 10.0 Å². The third-order valence-corrected chi connectivity index (χ3v) is 4.41. The number of benzene rings is 2. The molecule has 0 atom stereocenters. The molecule has 0 heterocycles. The third kappa shape index (κ3) is 5.25. The number of halogens is 1. The molecule has 2 aromatic rings. The van der Waals surface area contributed by atoms with E-state index in [0.29, 0.717) is 22.8 Å². The lowest BCUT2D eigenvalue weighted by Gasteiger charge is -2.11. The largest absolute Gasteiger partial charge is 0.497 e. The second kappa shape index (κ2) is 9.64. The molecule has 0 saturated heterocycles. The van der Waals surface area contributed by atoms with Crippen molar-refractivity contribution in [3.8, 4) is 23.3 Å². The van der Waals surface area contributed by atoms with Gasteiger partial charge in [0.2, 0.25) is 0 Å². The van der Waals surface area contributed by atoms with Crippen molar-refractivity contribution in [2.24, 2.45) is 0 Å². The standard InChI is InChI=1S/C20H19BrN2O4/c1-25-16-6-5-14(19(10-16)27-3)12-23-20(24)15(11-22)8-13-4-7-18(26-2)17(21)9-13/h4-10H,12H2,1-3H3,(H,23,24)/b15-8+. The molecule has 0 aromatic heterocycles. The minimum atomic E-state index is -0.470. The molecule has 0 aliphatic heterocycles. The van der Waals surface area contributed by atoms with Crippen LogP contribution in [0.5, 0.6) is 17.2 Å². The van der Waals surface area contributed by atoms with Crippen molar-refractivity contribution in [3.63, 3.8) is 0 Å². The summed E-state index contributed by atoms with van der Waals surface area (Å²) in [5.41, 5.74) is 1.48. The second-order valence-electron chi connectivity index (χ2n) is 5.42. The van der Waals surface area contributed by atoms with Gasteiger partial charge in [-0.25, -0.2) is 0 Å². The van der Waals surface area contributed by atoms with Crippen LogP contribution in [0.15, 0.2) is 46.4 Å². The quantitative estimate of drug-likeness (QED) is 0.534. The van der Waals surface area contributed by atoms with Gasteiger partial charge in [-0.15, -0.1) is 0 Å². The van der Waals surface area contributed by atoms with Crippen LogP contribution in [0.3, 0.4) is 0 Å². The van der Waals surface area contributed by atoms with Gasteiger partial charge in [0, 0.05) is 18.2 Å². The zero-order chi connectivity index (χ0) is 19.8. The Bertz CT molecular complexity index is 903. The van der Waals surface area contributed by atoms with Crippen LogP contribution in [0.2, 0.25) is 0 Å². The molecule has 6 nitrogen and oxygen atoms in total. The smallest absolute Gasteiger partial charge is 0.262 e. The number of nitrogens with zero attached hydrogens (tertiary/aromatic N) is 1. The van der Waals surface area contributed by atoms with E-state index in [2.05, 4.69) is 21.2 Å². The zero-order valence-corrected chi connectivity index (χ0v) is 16.8. The van der Waals surface area contributed by atoms with E-state index in [4.69, 9.17) is 14.2 Å². The molecule has 2 rings (SSSR count). The maximum Gasteiger partial charge on any atom is 0.262 e. The van der Waals surface area contributed by atoms with Crippen LogP contribution in [0.4, 0.5) is 0 Å². The first-order valence-corrected chi connectivity index (χ1v) is 8.76. The Labute approximate surface area is 166 Å².